The maximum absolute atomic E-state index is 9.83. The second-order valence-electron chi connectivity index (χ2n) is 4.62. The molecule has 0 aliphatic heterocycles. The average Bonchev–Trinajstić information content (AvgIpc) is 2.28. The quantitative estimate of drug-likeness (QED) is 0.799. The minimum atomic E-state index is -0.475. The Kier molecular flexibility index (Phi) is 5.45. The molecule has 0 saturated carbocycles. The minimum Gasteiger partial charge on any atom is -0.491 e. The molecule has 0 aliphatic rings. The number of hydrogen-bond donors (Lipinski definition) is 2. The Bertz CT molecular complexity index is 321. The number of rotatable bonds is 6. The van der Waals surface area contributed by atoms with Crippen molar-refractivity contribution < 1.29 is 9.84 Å². The Balaban J connectivity index is 2.66. The van der Waals surface area contributed by atoms with E-state index in [2.05, 4.69) is 0 Å². The van der Waals surface area contributed by atoms with Crippen molar-refractivity contribution in [3.8, 4) is 5.75 Å². The molecular formula is C14H23NO2. The summed E-state index contributed by atoms with van der Waals surface area (Å²) in [5.41, 5.74) is 6.93. The Hall–Kier alpha value is -1.06. The predicted molar refractivity (Wildman–Crippen MR) is 70.0 cm³/mol. The highest BCUT2D eigenvalue weighted by Gasteiger charge is 2.15. The summed E-state index contributed by atoms with van der Waals surface area (Å²) in [5, 5.41) is 9.83. The van der Waals surface area contributed by atoms with Crippen LogP contribution in [0.4, 0.5) is 0 Å². The Morgan fingerprint density at radius 3 is 2.29 bits per heavy atom. The summed E-state index contributed by atoms with van der Waals surface area (Å²) in [6, 6.07) is 7.31. The first-order valence-corrected chi connectivity index (χ1v) is 6.24. The molecule has 2 atom stereocenters. The van der Waals surface area contributed by atoms with Crippen molar-refractivity contribution >= 4 is 0 Å². The predicted octanol–water partition coefficient (Wildman–Crippen LogP) is 2.63. The maximum atomic E-state index is 9.83. The second-order valence-corrected chi connectivity index (χ2v) is 4.62. The van der Waals surface area contributed by atoms with Crippen LogP contribution in [0.3, 0.4) is 0 Å². The highest BCUT2D eigenvalue weighted by molar-refractivity contribution is 5.29. The van der Waals surface area contributed by atoms with Gasteiger partial charge in [-0.05, 0) is 38.0 Å². The van der Waals surface area contributed by atoms with E-state index in [1.54, 1.807) is 0 Å². The number of ether oxygens (including phenoxy) is 1. The topological polar surface area (TPSA) is 55.5 Å². The highest BCUT2D eigenvalue weighted by Crippen LogP contribution is 2.21. The smallest absolute Gasteiger partial charge is 0.119 e. The summed E-state index contributed by atoms with van der Waals surface area (Å²) in [7, 11) is 0. The van der Waals surface area contributed by atoms with Gasteiger partial charge in [0.1, 0.15) is 5.75 Å². The largest absolute Gasteiger partial charge is 0.491 e. The lowest BCUT2D eigenvalue weighted by molar-refractivity contribution is 0.134. The van der Waals surface area contributed by atoms with Crippen LogP contribution in [0.15, 0.2) is 24.3 Å². The third kappa shape index (κ3) is 4.36. The van der Waals surface area contributed by atoms with E-state index in [0.29, 0.717) is 0 Å². The van der Waals surface area contributed by atoms with Gasteiger partial charge >= 0.3 is 0 Å². The van der Waals surface area contributed by atoms with E-state index in [4.69, 9.17) is 10.5 Å². The number of nitrogens with two attached hydrogens (primary N) is 1. The van der Waals surface area contributed by atoms with E-state index < -0.39 is 6.10 Å². The highest BCUT2D eigenvalue weighted by atomic mass is 16.5. The molecule has 3 heteroatoms. The van der Waals surface area contributed by atoms with Crippen LogP contribution in [0.5, 0.6) is 5.75 Å². The van der Waals surface area contributed by atoms with Gasteiger partial charge in [-0.25, -0.2) is 0 Å². The van der Waals surface area contributed by atoms with Gasteiger partial charge in [0.05, 0.1) is 18.2 Å². The van der Waals surface area contributed by atoms with Crippen molar-refractivity contribution in [1.82, 2.24) is 0 Å². The summed E-state index contributed by atoms with van der Waals surface area (Å²) >= 11 is 0. The molecule has 1 aromatic rings. The monoisotopic (exact) mass is 237 g/mol. The summed E-state index contributed by atoms with van der Waals surface area (Å²) < 4.78 is 5.55. The molecule has 0 spiro atoms. The summed E-state index contributed by atoms with van der Waals surface area (Å²) in [6.07, 6.45) is 1.35. The first-order valence-electron chi connectivity index (χ1n) is 6.24. The molecule has 0 aliphatic carbocycles. The third-order valence-electron chi connectivity index (χ3n) is 2.64. The van der Waals surface area contributed by atoms with Crippen molar-refractivity contribution in [3.63, 3.8) is 0 Å². The van der Waals surface area contributed by atoms with Crippen molar-refractivity contribution in [3.05, 3.63) is 29.8 Å². The molecule has 0 amide bonds. The van der Waals surface area contributed by atoms with Crippen LogP contribution in [0.1, 0.15) is 45.2 Å². The molecule has 0 radical (unpaired) electrons. The SMILES string of the molecule is CCC[C@@H](O)[C@@H](N)c1ccc(OC(C)C)cc1. The molecule has 17 heavy (non-hydrogen) atoms. The number of hydrogen-bond acceptors (Lipinski definition) is 3. The fourth-order valence-electron chi connectivity index (χ4n) is 1.74. The minimum absolute atomic E-state index is 0.167. The molecule has 0 bridgehead atoms. The number of aliphatic hydroxyl groups is 1. The number of benzene rings is 1. The van der Waals surface area contributed by atoms with Gasteiger partial charge in [-0.2, -0.15) is 0 Å². The Morgan fingerprint density at radius 2 is 1.82 bits per heavy atom. The zero-order valence-corrected chi connectivity index (χ0v) is 10.9. The van der Waals surface area contributed by atoms with Gasteiger partial charge in [0.25, 0.3) is 0 Å². The van der Waals surface area contributed by atoms with Crippen LogP contribution >= 0.6 is 0 Å². The first-order chi connectivity index (χ1) is 8.04. The van der Waals surface area contributed by atoms with Crippen LogP contribution < -0.4 is 10.5 Å². The molecule has 3 N–H and O–H groups in total. The van der Waals surface area contributed by atoms with Gasteiger partial charge in [-0.3, -0.25) is 0 Å². The molecule has 0 aromatic heterocycles. The van der Waals surface area contributed by atoms with Crippen molar-refractivity contribution in [2.45, 2.75) is 51.9 Å². The lowest BCUT2D eigenvalue weighted by Crippen LogP contribution is -2.25. The molecule has 96 valence electrons. The number of aliphatic hydroxyl groups excluding tert-OH is 1. The zero-order valence-electron chi connectivity index (χ0n) is 10.9. The standard InChI is InChI=1S/C14H23NO2/c1-4-5-13(16)14(15)11-6-8-12(9-7-11)17-10(2)3/h6-10,13-14,16H,4-5,15H2,1-3H3/t13-,14+/m1/s1. The zero-order chi connectivity index (χ0) is 12.8. The van der Waals surface area contributed by atoms with Crippen LogP contribution in [-0.4, -0.2) is 17.3 Å². The van der Waals surface area contributed by atoms with Gasteiger partial charge < -0.3 is 15.6 Å². The van der Waals surface area contributed by atoms with Gasteiger partial charge in [0, 0.05) is 0 Å². The Labute approximate surface area is 104 Å². The van der Waals surface area contributed by atoms with E-state index in [1.807, 2.05) is 45.0 Å². The fourth-order valence-corrected chi connectivity index (χ4v) is 1.74. The van der Waals surface area contributed by atoms with Crippen molar-refractivity contribution in [2.24, 2.45) is 5.73 Å². The molecule has 1 aromatic carbocycles. The fraction of sp³-hybridized carbons (Fsp3) is 0.571. The van der Waals surface area contributed by atoms with Gasteiger partial charge in [0.2, 0.25) is 0 Å². The van der Waals surface area contributed by atoms with Crippen LogP contribution in [0.25, 0.3) is 0 Å². The van der Waals surface area contributed by atoms with E-state index in [1.165, 1.54) is 0 Å². The van der Waals surface area contributed by atoms with E-state index in [0.717, 1.165) is 24.2 Å². The van der Waals surface area contributed by atoms with Crippen LogP contribution in [0.2, 0.25) is 0 Å². The third-order valence-corrected chi connectivity index (χ3v) is 2.64. The van der Waals surface area contributed by atoms with Crippen LogP contribution in [0, 0.1) is 0 Å². The van der Waals surface area contributed by atoms with Crippen LogP contribution in [-0.2, 0) is 0 Å². The molecule has 0 unspecified atom stereocenters. The maximum Gasteiger partial charge on any atom is 0.119 e. The Morgan fingerprint density at radius 1 is 1.24 bits per heavy atom. The molecule has 3 nitrogen and oxygen atoms in total. The normalized spacial score (nSPS) is 14.7. The lowest BCUT2D eigenvalue weighted by atomic mass is 9.99. The van der Waals surface area contributed by atoms with E-state index >= 15 is 0 Å². The van der Waals surface area contributed by atoms with Crippen molar-refractivity contribution in [1.29, 1.82) is 0 Å². The van der Waals surface area contributed by atoms with Gasteiger partial charge in [-0.1, -0.05) is 25.5 Å². The first kappa shape index (κ1) is 14.0. The molecule has 0 heterocycles. The second kappa shape index (κ2) is 6.62. The van der Waals surface area contributed by atoms with Gasteiger partial charge in [-0.15, -0.1) is 0 Å². The molecule has 0 fully saturated rings. The summed E-state index contributed by atoms with van der Waals surface area (Å²) in [4.78, 5) is 0. The lowest BCUT2D eigenvalue weighted by Gasteiger charge is -2.19. The molecule has 0 saturated heterocycles. The molecule has 1 rings (SSSR count). The summed E-state index contributed by atoms with van der Waals surface area (Å²) in [6.45, 7) is 6.02. The van der Waals surface area contributed by atoms with E-state index in [9.17, 15) is 5.11 Å². The van der Waals surface area contributed by atoms with Crippen molar-refractivity contribution in [2.75, 3.05) is 0 Å². The summed E-state index contributed by atoms with van der Waals surface area (Å²) in [5.74, 6) is 0.834. The van der Waals surface area contributed by atoms with E-state index in [-0.39, 0.29) is 12.1 Å². The van der Waals surface area contributed by atoms with Gasteiger partial charge in [0.15, 0.2) is 0 Å². The average molecular weight is 237 g/mol. The molecular weight excluding hydrogens is 214 g/mol.